The molecule has 6 rings (SSSR count). The van der Waals surface area contributed by atoms with Gasteiger partial charge in [-0.2, -0.15) is 0 Å². The molecule has 0 saturated carbocycles. The van der Waals surface area contributed by atoms with Gasteiger partial charge in [-0.25, -0.2) is 0 Å². The van der Waals surface area contributed by atoms with Crippen LogP contribution in [0, 0.1) is 0 Å². The lowest BCUT2D eigenvalue weighted by molar-refractivity contribution is 0.294. The number of rotatable bonds is 6. The molecule has 4 aromatic rings. The Morgan fingerprint density at radius 2 is 2.00 bits per heavy atom. The molecule has 0 saturated heterocycles. The summed E-state index contributed by atoms with van der Waals surface area (Å²) >= 11 is 0. The van der Waals surface area contributed by atoms with Crippen molar-refractivity contribution >= 4 is 32.7 Å². The van der Waals surface area contributed by atoms with Crippen LogP contribution in [-0.4, -0.2) is 24.3 Å². The first-order valence-corrected chi connectivity index (χ1v) is 11.8. The highest BCUT2D eigenvalue weighted by molar-refractivity contribution is 6.12. The van der Waals surface area contributed by atoms with Gasteiger partial charge in [0, 0.05) is 47.7 Å². The number of hydrogen-bond acceptors (Lipinski definition) is 5. The van der Waals surface area contributed by atoms with Crippen LogP contribution in [-0.2, 0) is 0 Å². The van der Waals surface area contributed by atoms with Gasteiger partial charge in [0.05, 0.1) is 11.4 Å². The molecule has 1 aromatic heterocycles. The number of allylic oxidation sites excluding steroid dienone is 2. The van der Waals surface area contributed by atoms with Crippen molar-refractivity contribution < 1.29 is 4.42 Å². The Morgan fingerprint density at radius 3 is 2.85 bits per heavy atom. The van der Waals surface area contributed by atoms with Crippen LogP contribution in [0.1, 0.15) is 18.4 Å². The molecule has 2 unspecified atom stereocenters. The van der Waals surface area contributed by atoms with Crippen molar-refractivity contribution in [3.8, 4) is 0 Å². The van der Waals surface area contributed by atoms with Gasteiger partial charge in [0.1, 0.15) is 11.2 Å². The molecular formula is C29H28N4O. The highest BCUT2D eigenvalue weighted by Gasteiger charge is 2.25. The van der Waals surface area contributed by atoms with Crippen LogP contribution >= 0.6 is 0 Å². The van der Waals surface area contributed by atoms with Crippen LogP contribution in [0.3, 0.4) is 0 Å². The van der Waals surface area contributed by atoms with E-state index in [1.165, 1.54) is 21.7 Å². The molecule has 0 amide bonds. The van der Waals surface area contributed by atoms with Crippen molar-refractivity contribution in [2.45, 2.75) is 19.1 Å². The molecule has 0 spiro atoms. The van der Waals surface area contributed by atoms with E-state index in [1.54, 1.807) is 0 Å². The third-order valence-electron chi connectivity index (χ3n) is 6.67. The number of nitrogens with zero attached hydrogens (tertiary/aromatic N) is 1. The van der Waals surface area contributed by atoms with Crippen molar-refractivity contribution in [2.75, 3.05) is 13.1 Å². The fraction of sp³-hybridized carbons (Fsp3) is 0.172. The second-order valence-electron chi connectivity index (χ2n) is 8.91. The quantitative estimate of drug-likeness (QED) is 0.333. The molecule has 0 radical (unpaired) electrons. The van der Waals surface area contributed by atoms with Gasteiger partial charge in [0.15, 0.2) is 6.29 Å². The summed E-state index contributed by atoms with van der Waals surface area (Å²) in [6, 6.07) is 19.1. The maximum Gasteiger partial charge on any atom is 0.159 e. The Balaban J connectivity index is 1.36. The van der Waals surface area contributed by atoms with E-state index in [1.807, 2.05) is 24.3 Å². The second-order valence-corrected chi connectivity index (χ2v) is 8.91. The third-order valence-corrected chi connectivity index (χ3v) is 6.67. The van der Waals surface area contributed by atoms with Crippen molar-refractivity contribution in [3.63, 3.8) is 0 Å². The fourth-order valence-electron chi connectivity index (χ4n) is 5.04. The van der Waals surface area contributed by atoms with Crippen molar-refractivity contribution in [1.29, 1.82) is 0 Å². The van der Waals surface area contributed by atoms with E-state index in [0.717, 1.165) is 41.0 Å². The first kappa shape index (κ1) is 20.6. The molecule has 0 fully saturated rings. The molecule has 0 aliphatic carbocycles. The molecule has 3 heterocycles. The number of nitrogens with one attached hydrogen (secondary N) is 3. The summed E-state index contributed by atoms with van der Waals surface area (Å²) < 4.78 is 6.43. The van der Waals surface area contributed by atoms with E-state index < -0.39 is 0 Å². The number of furan rings is 1. The summed E-state index contributed by atoms with van der Waals surface area (Å²) in [5.41, 5.74) is 5.22. The van der Waals surface area contributed by atoms with Crippen LogP contribution < -0.4 is 16.0 Å². The zero-order valence-corrected chi connectivity index (χ0v) is 19.2. The van der Waals surface area contributed by atoms with E-state index in [4.69, 9.17) is 4.42 Å². The Hall–Kier alpha value is -3.96. The van der Waals surface area contributed by atoms with Gasteiger partial charge in [0.2, 0.25) is 0 Å². The average Bonchev–Trinajstić information content (AvgIpc) is 3.46. The predicted molar refractivity (Wildman–Crippen MR) is 140 cm³/mol. The number of hydrogen-bond donors (Lipinski definition) is 3. The van der Waals surface area contributed by atoms with Gasteiger partial charge in [-0.15, -0.1) is 0 Å². The molecule has 3 aromatic carbocycles. The zero-order valence-electron chi connectivity index (χ0n) is 19.2. The van der Waals surface area contributed by atoms with Gasteiger partial charge >= 0.3 is 0 Å². The Labute approximate surface area is 199 Å². The predicted octanol–water partition coefficient (Wildman–Crippen LogP) is 5.65. The highest BCUT2D eigenvalue weighted by Crippen LogP contribution is 2.39. The maximum atomic E-state index is 6.43. The van der Waals surface area contributed by atoms with Crippen LogP contribution in [0.25, 0.3) is 32.7 Å². The van der Waals surface area contributed by atoms with Crippen molar-refractivity contribution in [2.24, 2.45) is 0 Å². The van der Waals surface area contributed by atoms with Gasteiger partial charge in [0.25, 0.3) is 0 Å². The van der Waals surface area contributed by atoms with Crippen LogP contribution in [0.4, 0.5) is 0 Å². The fourth-order valence-corrected chi connectivity index (χ4v) is 5.04. The summed E-state index contributed by atoms with van der Waals surface area (Å²) in [5, 5.41) is 15.5. The average molecular weight is 449 g/mol. The molecule has 170 valence electrons. The summed E-state index contributed by atoms with van der Waals surface area (Å²) in [5.74, 6) is 0.213. The molecule has 0 bridgehead atoms. The molecular weight excluding hydrogens is 420 g/mol. The van der Waals surface area contributed by atoms with Crippen molar-refractivity contribution in [3.05, 3.63) is 109 Å². The van der Waals surface area contributed by atoms with Crippen LogP contribution in [0.15, 0.2) is 108 Å². The molecule has 5 nitrogen and oxygen atoms in total. The summed E-state index contributed by atoms with van der Waals surface area (Å²) in [6.45, 7) is 7.80. The SMILES string of the molecule is C=C/C=C(\NCC(C)c1c2ccccc2cc2c1oc1ccccc12)C1=CN2C=CCNC2N1. The van der Waals surface area contributed by atoms with E-state index in [9.17, 15) is 0 Å². The molecule has 34 heavy (non-hydrogen) atoms. The summed E-state index contributed by atoms with van der Waals surface area (Å²) in [7, 11) is 0. The lowest BCUT2D eigenvalue weighted by Gasteiger charge is -2.26. The van der Waals surface area contributed by atoms with E-state index in [0.29, 0.717) is 0 Å². The summed E-state index contributed by atoms with van der Waals surface area (Å²) in [6.07, 6.45) is 10.3. The molecule has 3 N–H and O–H groups in total. The molecule has 2 aliphatic heterocycles. The van der Waals surface area contributed by atoms with Crippen LogP contribution in [0.2, 0.25) is 0 Å². The van der Waals surface area contributed by atoms with Gasteiger partial charge < -0.3 is 20.0 Å². The number of fused-ring (bicyclic) bond motifs is 5. The standard InChI is InChI=1S/C29H28N4O/c1-3-9-24(25-18-33-15-8-14-30-29(33)32-25)31-17-19(2)27-21-11-5-4-10-20(21)16-23-22-12-6-7-13-26(22)34-28(23)27/h3-13,15-16,18-19,29-32H,1,14,17H2,2H3/b24-9-. The largest absolute Gasteiger partial charge is 0.456 e. The van der Waals surface area contributed by atoms with Crippen LogP contribution in [0.5, 0.6) is 0 Å². The first-order valence-electron chi connectivity index (χ1n) is 11.8. The minimum absolute atomic E-state index is 0.0840. The Kier molecular flexibility index (Phi) is 5.12. The minimum Gasteiger partial charge on any atom is -0.456 e. The van der Waals surface area contributed by atoms with Gasteiger partial charge in [-0.3, -0.25) is 5.32 Å². The Morgan fingerprint density at radius 1 is 1.18 bits per heavy atom. The minimum atomic E-state index is 0.0840. The molecule has 2 aliphatic rings. The van der Waals surface area contributed by atoms with E-state index in [2.05, 4.69) is 95.3 Å². The maximum absolute atomic E-state index is 6.43. The normalized spacial score (nSPS) is 18.7. The molecule has 5 heteroatoms. The topological polar surface area (TPSA) is 52.5 Å². The first-order chi connectivity index (χ1) is 16.7. The monoisotopic (exact) mass is 448 g/mol. The third kappa shape index (κ3) is 3.45. The smallest absolute Gasteiger partial charge is 0.159 e. The van der Waals surface area contributed by atoms with E-state index >= 15 is 0 Å². The highest BCUT2D eigenvalue weighted by atomic mass is 16.3. The lowest BCUT2D eigenvalue weighted by atomic mass is 9.92. The van der Waals surface area contributed by atoms with Gasteiger partial charge in [-0.05, 0) is 29.0 Å². The van der Waals surface area contributed by atoms with Crippen molar-refractivity contribution in [1.82, 2.24) is 20.9 Å². The zero-order chi connectivity index (χ0) is 23.1. The number of para-hydroxylation sites is 1. The summed E-state index contributed by atoms with van der Waals surface area (Å²) in [4.78, 5) is 2.14. The lowest BCUT2D eigenvalue weighted by Crippen LogP contribution is -2.48. The molecule has 2 atom stereocenters. The van der Waals surface area contributed by atoms with E-state index in [-0.39, 0.29) is 12.2 Å². The Bertz CT molecular complexity index is 1490. The second kappa shape index (κ2) is 8.43. The van der Waals surface area contributed by atoms with Gasteiger partial charge in [-0.1, -0.05) is 68.1 Å². The number of benzene rings is 3.